The lowest BCUT2D eigenvalue weighted by molar-refractivity contribution is -0.154. The van der Waals surface area contributed by atoms with E-state index in [1.807, 2.05) is 32.0 Å². The summed E-state index contributed by atoms with van der Waals surface area (Å²) in [6, 6.07) is 10.2. The van der Waals surface area contributed by atoms with Gasteiger partial charge in [-0.1, -0.05) is 48.6 Å². The van der Waals surface area contributed by atoms with Gasteiger partial charge in [-0.3, -0.25) is 9.69 Å². The predicted molar refractivity (Wildman–Crippen MR) is 99.3 cm³/mol. The molecule has 1 aromatic rings. The first-order valence-electron chi connectivity index (χ1n) is 8.93. The Morgan fingerprint density at radius 3 is 2.48 bits per heavy atom. The first-order chi connectivity index (χ1) is 11.9. The second kappa shape index (κ2) is 7.14. The van der Waals surface area contributed by atoms with Gasteiger partial charge in [0.15, 0.2) is 0 Å². The smallest absolute Gasteiger partial charge is 0.310 e. The van der Waals surface area contributed by atoms with Gasteiger partial charge in [0.1, 0.15) is 0 Å². The Kier molecular flexibility index (Phi) is 5.11. The van der Waals surface area contributed by atoms with Gasteiger partial charge < -0.3 is 9.84 Å². The molecule has 1 heterocycles. The summed E-state index contributed by atoms with van der Waals surface area (Å²) in [5.74, 6) is -0.748. The fraction of sp³-hybridized carbons (Fsp3) is 0.476. The molecular formula is C21H27NO3. The van der Waals surface area contributed by atoms with Crippen LogP contribution in [0.1, 0.15) is 25.8 Å². The Bertz CT molecular complexity index is 672. The van der Waals surface area contributed by atoms with Crippen molar-refractivity contribution in [1.82, 2.24) is 4.90 Å². The number of aliphatic carboxylic acids is 1. The molecule has 134 valence electrons. The van der Waals surface area contributed by atoms with Crippen LogP contribution in [0.25, 0.3) is 5.57 Å². The Morgan fingerprint density at radius 2 is 1.92 bits per heavy atom. The first-order valence-corrected chi connectivity index (χ1v) is 8.93. The van der Waals surface area contributed by atoms with Crippen LogP contribution in [-0.2, 0) is 9.53 Å². The van der Waals surface area contributed by atoms with Crippen molar-refractivity contribution in [3.63, 3.8) is 0 Å². The number of morpholine rings is 1. The lowest BCUT2D eigenvalue weighted by Crippen LogP contribution is -2.52. The summed E-state index contributed by atoms with van der Waals surface area (Å²) in [4.78, 5) is 14.4. The summed E-state index contributed by atoms with van der Waals surface area (Å²) in [5.41, 5.74) is 1.07. The molecule has 1 aliphatic carbocycles. The zero-order chi connectivity index (χ0) is 17.9. The van der Waals surface area contributed by atoms with E-state index in [2.05, 4.69) is 35.3 Å². The van der Waals surface area contributed by atoms with Gasteiger partial charge in [0.2, 0.25) is 0 Å². The molecule has 1 fully saturated rings. The van der Waals surface area contributed by atoms with Gasteiger partial charge in [0.25, 0.3) is 0 Å². The lowest BCUT2D eigenvalue weighted by Gasteiger charge is -2.46. The van der Waals surface area contributed by atoms with Gasteiger partial charge >= 0.3 is 5.97 Å². The van der Waals surface area contributed by atoms with Crippen molar-refractivity contribution in [2.75, 3.05) is 32.8 Å². The molecule has 1 N–H and O–H groups in total. The fourth-order valence-electron chi connectivity index (χ4n) is 3.67. The molecule has 0 saturated carbocycles. The summed E-state index contributed by atoms with van der Waals surface area (Å²) in [7, 11) is 0. The molecule has 1 aliphatic heterocycles. The molecule has 1 unspecified atom stereocenters. The highest BCUT2D eigenvalue weighted by Crippen LogP contribution is 2.47. The monoisotopic (exact) mass is 341 g/mol. The fourth-order valence-corrected chi connectivity index (χ4v) is 3.67. The standard InChI is InChI=1S/C21H27NO3/c1-20(2,19(23)24)21(16-22-12-14-25-15-13-22)10-8-18(9-11-21)17-6-4-3-5-7-17/h3-10H,11-16H2,1-2H3,(H,23,24). The first kappa shape index (κ1) is 17.9. The van der Waals surface area contributed by atoms with Crippen LogP contribution >= 0.6 is 0 Å². The van der Waals surface area contributed by atoms with E-state index in [9.17, 15) is 9.90 Å². The van der Waals surface area contributed by atoms with Crippen LogP contribution in [0.4, 0.5) is 0 Å². The number of carboxylic acid groups (broad SMARTS) is 1. The van der Waals surface area contributed by atoms with Crippen LogP contribution in [0.3, 0.4) is 0 Å². The topological polar surface area (TPSA) is 49.8 Å². The maximum Gasteiger partial charge on any atom is 0.310 e. The highest BCUT2D eigenvalue weighted by Gasteiger charge is 2.49. The van der Waals surface area contributed by atoms with Crippen LogP contribution in [0, 0.1) is 10.8 Å². The molecule has 2 aliphatic rings. The average Bonchev–Trinajstić information content (AvgIpc) is 2.63. The van der Waals surface area contributed by atoms with Crippen molar-refractivity contribution in [2.45, 2.75) is 20.3 Å². The minimum atomic E-state index is -0.847. The average molecular weight is 341 g/mol. The third kappa shape index (κ3) is 3.55. The van der Waals surface area contributed by atoms with E-state index in [4.69, 9.17) is 4.74 Å². The van der Waals surface area contributed by atoms with Gasteiger partial charge in [0, 0.05) is 25.0 Å². The number of rotatable bonds is 5. The quantitative estimate of drug-likeness (QED) is 0.891. The Hall–Kier alpha value is -1.91. The molecule has 0 amide bonds. The van der Waals surface area contributed by atoms with Crippen molar-refractivity contribution in [3.8, 4) is 0 Å². The van der Waals surface area contributed by atoms with Crippen molar-refractivity contribution in [2.24, 2.45) is 10.8 Å². The van der Waals surface area contributed by atoms with Crippen LogP contribution in [0.5, 0.6) is 0 Å². The molecule has 0 radical (unpaired) electrons. The SMILES string of the molecule is CC(C)(C(=O)O)C1(CN2CCOCC2)C=CC(c2ccccc2)=CC1. The molecule has 1 atom stereocenters. The Morgan fingerprint density at radius 1 is 1.24 bits per heavy atom. The summed E-state index contributed by atoms with van der Waals surface area (Å²) in [5, 5.41) is 9.87. The van der Waals surface area contributed by atoms with Gasteiger partial charge in [-0.2, -0.15) is 0 Å². The van der Waals surface area contributed by atoms with Gasteiger partial charge in [0.05, 0.1) is 18.6 Å². The highest BCUT2D eigenvalue weighted by molar-refractivity contribution is 5.79. The third-order valence-corrected chi connectivity index (χ3v) is 5.76. The molecule has 3 rings (SSSR count). The second-order valence-corrected chi connectivity index (χ2v) is 7.54. The van der Waals surface area contributed by atoms with Crippen molar-refractivity contribution in [3.05, 3.63) is 54.1 Å². The van der Waals surface area contributed by atoms with Gasteiger partial charge in [-0.05, 0) is 31.4 Å². The molecule has 1 aromatic carbocycles. The lowest BCUT2D eigenvalue weighted by atomic mass is 9.61. The maximum absolute atomic E-state index is 12.0. The van der Waals surface area contributed by atoms with E-state index in [0.717, 1.165) is 39.3 Å². The van der Waals surface area contributed by atoms with E-state index in [1.165, 1.54) is 11.1 Å². The van der Waals surface area contributed by atoms with E-state index < -0.39 is 16.8 Å². The van der Waals surface area contributed by atoms with Crippen molar-refractivity contribution >= 4 is 11.5 Å². The number of carboxylic acids is 1. The molecule has 1 saturated heterocycles. The molecule has 25 heavy (non-hydrogen) atoms. The van der Waals surface area contributed by atoms with E-state index in [-0.39, 0.29) is 0 Å². The van der Waals surface area contributed by atoms with Crippen LogP contribution in [0.15, 0.2) is 48.6 Å². The van der Waals surface area contributed by atoms with E-state index >= 15 is 0 Å². The number of benzene rings is 1. The van der Waals surface area contributed by atoms with Gasteiger partial charge in [-0.15, -0.1) is 0 Å². The number of carbonyl (C=O) groups is 1. The maximum atomic E-state index is 12.0. The van der Waals surface area contributed by atoms with E-state index in [0.29, 0.717) is 0 Å². The molecule has 0 bridgehead atoms. The summed E-state index contributed by atoms with van der Waals surface area (Å²) in [6.07, 6.45) is 7.16. The molecule has 4 heteroatoms. The van der Waals surface area contributed by atoms with Crippen LogP contribution in [-0.4, -0.2) is 48.8 Å². The number of hydrogen-bond acceptors (Lipinski definition) is 3. The third-order valence-electron chi connectivity index (χ3n) is 5.76. The van der Waals surface area contributed by atoms with Crippen LogP contribution < -0.4 is 0 Å². The predicted octanol–water partition coefficient (Wildman–Crippen LogP) is 3.46. The second-order valence-electron chi connectivity index (χ2n) is 7.54. The Balaban J connectivity index is 1.88. The molecule has 0 aromatic heterocycles. The van der Waals surface area contributed by atoms with E-state index in [1.54, 1.807) is 0 Å². The molecular weight excluding hydrogens is 314 g/mol. The van der Waals surface area contributed by atoms with Crippen molar-refractivity contribution < 1.29 is 14.6 Å². The minimum absolute atomic E-state index is 0.422. The normalized spacial score (nSPS) is 24.8. The highest BCUT2D eigenvalue weighted by atomic mass is 16.5. The number of allylic oxidation sites excluding steroid dienone is 3. The summed E-state index contributed by atoms with van der Waals surface area (Å²) in [6.45, 7) is 7.60. The van der Waals surface area contributed by atoms with Gasteiger partial charge in [-0.25, -0.2) is 0 Å². The zero-order valence-electron chi connectivity index (χ0n) is 15.1. The number of nitrogens with zero attached hydrogens (tertiary/aromatic N) is 1. The molecule has 4 nitrogen and oxygen atoms in total. The minimum Gasteiger partial charge on any atom is -0.481 e. The van der Waals surface area contributed by atoms with Crippen LogP contribution in [0.2, 0.25) is 0 Å². The van der Waals surface area contributed by atoms with Crippen molar-refractivity contribution in [1.29, 1.82) is 0 Å². The zero-order valence-corrected chi connectivity index (χ0v) is 15.1. The largest absolute Gasteiger partial charge is 0.481 e. The summed E-state index contributed by atoms with van der Waals surface area (Å²) < 4.78 is 5.44. The Labute approximate surface area is 149 Å². The summed E-state index contributed by atoms with van der Waals surface area (Å²) >= 11 is 0. The molecule has 0 spiro atoms. The number of hydrogen-bond donors (Lipinski definition) is 1. The number of ether oxygens (including phenoxy) is 1.